The van der Waals surface area contributed by atoms with Gasteiger partial charge in [0.1, 0.15) is 17.8 Å². The van der Waals surface area contributed by atoms with Crippen LogP contribution in [0.3, 0.4) is 0 Å². The van der Waals surface area contributed by atoms with Crippen LogP contribution in [-0.2, 0) is 15.9 Å². The quantitative estimate of drug-likeness (QED) is 0.690. The topological polar surface area (TPSA) is 42.1 Å². The fraction of sp³-hybridized carbons (Fsp3) is 0.500. The van der Waals surface area contributed by atoms with Crippen LogP contribution in [0.2, 0.25) is 0 Å². The van der Waals surface area contributed by atoms with Gasteiger partial charge >= 0.3 is 6.09 Å². The first-order valence-electron chi connectivity index (χ1n) is 7.91. The van der Waals surface area contributed by atoms with Crippen molar-refractivity contribution in [2.75, 3.05) is 6.54 Å². The molecular formula is C18H21NO3. The van der Waals surface area contributed by atoms with E-state index in [9.17, 15) is 4.79 Å². The monoisotopic (exact) mass is 299 g/mol. The van der Waals surface area contributed by atoms with Crippen LogP contribution in [-0.4, -0.2) is 35.3 Å². The number of carbonyl (C=O) groups excluding carboxylic acids is 1. The zero-order chi connectivity index (χ0) is 15.5. The van der Waals surface area contributed by atoms with E-state index in [4.69, 9.17) is 9.47 Å². The lowest BCUT2D eigenvalue weighted by molar-refractivity contribution is 0.0296. The van der Waals surface area contributed by atoms with Crippen molar-refractivity contribution in [3.8, 4) is 0 Å². The third kappa shape index (κ3) is 2.22. The summed E-state index contributed by atoms with van der Waals surface area (Å²) in [5.74, 6) is 0. The Morgan fingerprint density at radius 3 is 2.82 bits per heavy atom. The van der Waals surface area contributed by atoms with Gasteiger partial charge in [-0.25, -0.2) is 4.79 Å². The molecule has 1 amide bonds. The number of amides is 1. The molecule has 0 saturated carbocycles. The normalized spacial score (nSPS) is 26.0. The summed E-state index contributed by atoms with van der Waals surface area (Å²) in [5.41, 5.74) is 4.40. The first-order valence-corrected chi connectivity index (χ1v) is 7.91. The fourth-order valence-electron chi connectivity index (χ4n) is 3.47. The van der Waals surface area contributed by atoms with E-state index in [0.29, 0.717) is 6.54 Å². The number of hydrogen-bond acceptors (Lipinski definition) is 3. The summed E-state index contributed by atoms with van der Waals surface area (Å²) < 4.78 is 11.4. The van der Waals surface area contributed by atoms with Crippen molar-refractivity contribution < 1.29 is 14.3 Å². The standard InChI is InChI=1S/C18H21NO3/c1-18(2,3)22-17(20)19-10-14-16(21-14)15-12-7-5-4-6-11(12)8-9-13(15)19/h4-7,14,16H,8-10H2,1-3H3. The Bertz CT molecular complexity index is 671. The van der Waals surface area contributed by atoms with Crippen LogP contribution in [0.5, 0.6) is 0 Å². The van der Waals surface area contributed by atoms with E-state index in [-0.39, 0.29) is 18.3 Å². The van der Waals surface area contributed by atoms with Gasteiger partial charge in [0.15, 0.2) is 0 Å². The molecule has 0 N–H and O–H groups in total. The lowest BCUT2D eigenvalue weighted by atomic mass is 9.84. The van der Waals surface area contributed by atoms with E-state index in [1.807, 2.05) is 20.8 Å². The Morgan fingerprint density at radius 1 is 1.27 bits per heavy atom. The molecule has 3 aliphatic rings. The lowest BCUT2D eigenvalue weighted by Crippen LogP contribution is -2.42. The number of carbonyl (C=O) groups is 1. The highest BCUT2D eigenvalue weighted by molar-refractivity contribution is 5.83. The Hall–Kier alpha value is -1.81. The van der Waals surface area contributed by atoms with E-state index in [0.717, 1.165) is 18.5 Å². The van der Waals surface area contributed by atoms with Crippen molar-refractivity contribution in [1.29, 1.82) is 0 Å². The van der Waals surface area contributed by atoms with Gasteiger partial charge in [-0.3, -0.25) is 4.90 Å². The molecule has 1 aromatic carbocycles. The smallest absolute Gasteiger partial charge is 0.414 e. The molecule has 1 aliphatic carbocycles. The fourth-order valence-corrected chi connectivity index (χ4v) is 3.47. The second-order valence-corrected chi connectivity index (χ2v) is 7.20. The number of aryl methyl sites for hydroxylation is 1. The number of rotatable bonds is 0. The zero-order valence-electron chi connectivity index (χ0n) is 13.3. The van der Waals surface area contributed by atoms with Gasteiger partial charge in [0.25, 0.3) is 0 Å². The number of nitrogens with zero attached hydrogens (tertiary/aromatic N) is 1. The maximum atomic E-state index is 12.6. The van der Waals surface area contributed by atoms with Gasteiger partial charge in [0.05, 0.1) is 6.54 Å². The van der Waals surface area contributed by atoms with Crippen molar-refractivity contribution in [2.24, 2.45) is 0 Å². The number of allylic oxidation sites excluding steroid dienone is 1. The van der Waals surface area contributed by atoms with E-state index < -0.39 is 5.60 Å². The second kappa shape index (κ2) is 4.59. The number of fused-ring (bicyclic) bond motifs is 4. The van der Waals surface area contributed by atoms with Crippen LogP contribution in [0.25, 0.3) is 5.57 Å². The van der Waals surface area contributed by atoms with Gasteiger partial charge < -0.3 is 9.47 Å². The molecular weight excluding hydrogens is 278 g/mol. The molecule has 1 saturated heterocycles. The predicted molar refractivity (Wildman–Crippen MR) is 83.3 cm³/mol. The molecule has 2 atom stereocenters. The summed E-state index contributed by atoms with van der Waals surface area (Å²) in [6, 6.07) is 8.44. The molecule has 4 heteroatoms. The van der Waals surface area contributed by atoms with Gasteiger partial charge in [0.2, 0.25) is 0 Å². The molecule has 1 fully saturated rings. The Kier molecular flexibility index (Phi) is 2.89. The summed E-state index contributed by atoms with van der Waals surface area (Å²) in [7, 11) is 0. The molecule has 0 aromatic heterocycles. The minimum atomic E-state index is -0.481. The maximum Gasteiger partial charge on any atom is 0.414 e. The second-order valence-electron chi connectivity index (χ2n) is 7.20. The molecule has 1 aromatic rings. The highest BCUT2D eigenvalue weighted by Crippen LogP contribution is 2.47. The van der Waals surface area contributed by atoms with Crippen LogP contribution >= 0.6 is 0 Å². The Labute approximate surface area is 130 Å². The van der Waals surface area contributed by atoms with Crippen molar-refractivity contribution in [3.63, 3.8) is 0 Å². The molecule has 116 valence electrons. The largest absolute Gasteiger partial charge is 0.443 e. The van der Waals surface area contributed by atoms with Gasteiger partial charge in [-0.15, -0.1) is 0 Å². The molecule has 0 spiro atoms. The Balaban J connectivity index is 1.73. The third-order valence-electron chi connectivity index (χ3n) is 4.42. The van der Waals surface area contributed by atoms with Gasteiger partial charge in [-0.05, 0) is 44.7 Å². The van der Waals surface area contributed by atoms with Gasteiger partial charge in [0, 0.05) is 11.3 Å². The van der Waals surface area contributed by atoms with E-state index >= 15 is 0 Å². The minimum Gasteiger partial charge on any atom is -0.443 e. The third-order valence-corrected chi connectivity index (χ3v) is 4.42. The van der Waals surface area contributed by atoms with E-state index in [1.54, 1.807) is 4.90 Å². The summed E-state index contributed by atoms with van der Waals surface area (Å²) in [6.45, 7) is 6.31. The molecule has 2 aliphatic heterocycles. The van der Waals surface area contributed by atoms with E-state index in [2.05, 4.69) is 24.3 Å². The summed E-state index contributed by atoms with van der Waals surface area (Å²) in [4.78, 5) is 14.4. The number of hydrogen-bond donors (Lipinski definition) is 0. The highest BCUT2D eigenvalue weighted by atomic mass is 16.6. The van der Waals surface area contributed by atoms with Crippen LogP contribution in [0, 0.1) is 0 Å². The summed E-state index contributed by atoms with van der Waals surface area (Å²) >= 11 is 0. The predicted octanol–water partition coefficient (Wildman–Crippen LogP) is 3.36. The molecule has 2 heterocycles. The van der Waals surface area contributed by atoms with Crippen molar-refractivity contribution in [3.05, 3.63) is 41.1 Å². The minimum absolute atomic E-state index is 0.123. The highest BCUT2D eigenvalue weighted by Gasteiger charge is 2.51. The van der Waals surface area contributed by atoms with Crippen LogP contribution < -0.4 is 0 Å². The number of ether oxygens (including phenoxy) is 2. The SMILES string of the molecule is CC(C)(C)OC(=O)N1CC2OC2C2=C1CCc1ccccc12. The number of benzene rings is 1. The van der Waals surface area contributed by atoms with Gasteiger partial charge in [-0.1, -0.05) is 24.3 Å². The lowest BCUT2D eigenvalue weighted by Gasteiger charge is -2.35. The number of epoxide rings is 1. The van der Waals surface area contributed by atoms with Crippen LogP contribution in [0.1, 0.15) is 38.3 Å². The molecule has 0 radical (unpaired) electrons. The van der Waals surface area contributed by atoms with Gasteiger partial charge in [-0.2, -0.15) is 0 Å². The summed E-state index contributed by atoms with van der Waals surface area (Å²) in [6.07, 6.45) is 1.87. The van der Waals surface area contributed by atoms with Crippen LogP contribution in [0.4, 0.5) is 4.79 Å². The molecule has 2 unspecified atom stereocenters. The Morgan fingerprint density at radius 2 is 2.05 bits per heavy atom. The molecule has 4 rings (SSSR count). The van der Waals surface area contributed by atoms with Crippen molar-refractivity contribution in [2.45, 2.75) is 51.4 Å². The van der Waals surface area contributed by atoms with E-state index in [1.165, 1.54) is 16.7 Å². The molecule has 4 nitrogen and oxygen atoms in total. The molecule has 22 heavy (non-hydrogen) atoms. The van der Waals surface area contributed by atoms with Crippen LogP contribution in [0.15, 0.2) is 30.0 Å². The average Bonchev–Trinajstić information content (AvgIpc) is 3.23. The average molecular weight is 299 g/mol. The first-order chi connectivity index (χ1) is 10.4. The molecule has 0 bridgehead atoms. The summed E-state index contributed by atoms with van der Waals surface area (Å²) in [5, 5.41) is 0. The zero-order valence-corrected chi connectivity index (χ0v) is 13.3. The van der Waals surface area contributed by atoms with Crippen molar-refractivity contribution >= 4 is 11.7 Å². The van der Waals surface area contributed by atoms with Crippen molar-refractivity contribution in [1.82, 2.24) is 4.90 Å². The first kappa shape index (κ1) is 13.8. The maximum absolute atomic E-state index is 12.6.